The molecule has 0 aromatic rings. The fourth-order valence-electron chi connectivity index (χ4n) is 16.1. The van der Waals surface area contributed by atoms with Crippen molar-refractivity contribution < 1.29 is 124 Å². The van der Waals surface area contributed by atoms with Crippen molar-refractivity contribution in [2.45, 2.75) is 330 Å². The molecule has 24 unspecified atom stereocenters. The maximum absolute atomic E-state index is 12.2. The minimum absolute atomic E-state index is 0. The summed E-state index contributed by atoms with van der Waals surface area (Å²) in [6, 6.07) is 0. The molecule has 0 aromatic carbocycles. The van der Waals surface area contributed by atoms with Gasteiger partial charge in [-0.25, -0.2) is 19.2 Å². The number of carbonyl (C=O) groups excluding carboxylic acids is 10. The van der Waals surface area contributed by atoms with Gasteiger partial charge in [-0.1, -0.05) is 77.8 Å². The lowest BCUT2D eigenvalue weighted by Crippen LogP contribution is -2.40. The Bertz CT molecular complexity index is 3060. The number of methoxy groups -OCH3 is 1. The number of carbonyl (C=O) groups is 10. The summed E-state index contributed by atoms with van der Waals surface area (Å²) in [5, 5.41) is 18.9. The first-order valence-corrected chi connectivity index (χ1v) is 36.3. The zero-order chi connectivity index (χ0) is 73.8. The van der Waals surface area contributed by atoms with E-state index in [1.807, 2.05) is 88.3 Å². The lowest BCUT2D eigenvalue weighted by molar-refractivity contribution is -0.217. The number of fused-ring (bicyclic) bond motifs is 18. The van der Waals surface area contributed by atoms with Crippen molar-refractivity contribution in [3.63, 3.8) is 0 Å². The SMILES string of the molecule is C.C.C.C.C.CCC(C)(C)C(=O)OC.CCC(C)(C)C(=O)OC1C(=O)OC2C(O)C(O)OC12.CCC(C)(C)C(=O)OC1C(=O)OC2C3OC(C)(C)OC3OC12.CCC(C)(C)C(=O)OC1C(=O)OC2C=CCC21.CCC(C)(C)C(=O)OC1C(=O)OC2CCCC21.O=C1OCC2C3CC(C12)C1C2CCC(C2)C31. The molecule has 14 rings (SSSR count). The number of hydrogen-bond donors (Lipinski definition) is 2. The Morgan fingerprint density at radius 2 is 0.914 bits per heavy atom. The third kappa shape index (κ3) is 18.6. The van der Waals surface area contributed by atoms with Crippen LogP contribution < -0.4 is 0 Å². The monoisotopic (exact) mass is 1490 g/mol. The zero-order valence-electron chi connectivity index (χ0n) is 61.6. The molecule has 0 spiro atoms. The average Bonchev–Trinajstić information content (AvgIpc) is 1.53. The first-order chi connectivity index (χ1) is 46.7. The van der Waals surface area contributed by atoms with Crippen LogP contribution in [0.4, 0.5) is 0 Å². The van der Waals surface area contributed by atoms with Gasteiger partial charge in [-0.2, -0.15) is 0 Å². The van der Waals surface area contributed by atoms with Gasteiger partial charge in [-0.3, -0.25) is 28.8 Å². The number of allylic oxidation sites excluding steroid dienone is 1. The van der Waals surface area contributed by atoms with E-state index in [0.29, 0.717) is 37.5 Å². The van der Waals surface area contributed by atoms with Crippen molar-refractivity contribution in [1.82, 2.24) is 0 Å². The Morgan fingerprint density at radius 1 is 0.476 bits per heavy atom. The van der Waals surface area contributed by atoms with E-state index >= 15 is 0 Å². The van der Waals surface area contributed by atoms with Crippen LogP contribution in [-0.4, -0.2) is 175 Å². The standard InChI is InChI=1S/C15H22O7.C14H18O2.C13H20O4.C13H18O4.C12H18O7.C7H14O2.5CH4/c1-6-14(2,3)13(17)20-9-7-8(18-11(9)16)10-12(19-7)22-15(4,5)21-10;15-14-13-9-4-8(10(13)5-16-14)11-6-1-2-7(3-6)12(9)11;2*1-4-13(2,3)12(15)17-10-8-6-5-7-9(8)16-11(10)14;1-4-12(2,3)11(16)19-8-7-6(17-10(8)15)5(13)9(14)18-7;1-5-7(2,3)6(8)9-4;;;;;/h7-10,12H,6H2,1-5H3;6-13H,1-5H2;8-10H,4-7H2,1-3H3;5,7-10H,4,6H2,1-3H3;5-9,13-14H,4H2,1-3H3;5H2,1-4H3;5*1H4. The topological polar surface area (TPSA) is 340 Å². The van der Waals surface area contributed by atoms with Crippen LogP contribution in [0, 0.1) is 86.3 Å². The Morgan fingerprint density at radius 3 is 1.40 bits per heavy atom. The van der Waals surface area contributed by atoms with E-state index in [1.54, 1.807) is 41.5 Å². The van der Waals surface area contributed by atoms with Crippen molar-refractivity contribution in [2.24, 2.45) is 86.3 Å². The summed E-state index contributed by atoms with van der Waals surface area (Å²) in [4.78, 5) is 118. The number of ether oxygens (including phenoxy) is 14. The summed E-state index contributed by atoms with van der Waals surface area (Å²) in [7, 11) is 1.42. The molecule has 8 aliphatic heterocycles. The van der Waals surface area contributed by atoms with Gasteiger partial charge in [0.25, 0.3) is 0 Å². The van der Waals surface area contributed by atoms with Gasteiger partial charge in [0, 0.05) is 11.8 Å². The van der Waals surface area contributed by atoms with E-state index in [9.17, 15) is 58.2 Å². The minimum atomic E-state index is -1.44. The quantitative estimate of drug-likeness (QED) is 0.0706. The van der Waals surface area contributed by atoms with Crippen LogP contribution in [0.15, 0.2) is 12.2 Å². The second-order valence-corrected chi connectivity index (χ2v) is 33.0. The van der Waals surface area contributed by atoms with Crippen LogP contribution in [0.2, 0.25) is 0 Å². The molecule has 105 heavy (non-hydrogen) atoms. The highest BCUT2D eigenvalue weighted by Crippen LogP contribution is 2.71. The van der Waals surface area contributed by atoms with E-state index in [0.717, 1.165) is 74.2 Å². The number of cyclic esters (lactones) is 1. The Balaban J connectivity index is 0.000000268. The van der Waals surface area contributed by atoms with Gasteiger partial charge in [0.15, 0.2) is 36.7 Å². The van der Waals surface area contributed by atoms with Crippen molar-refractivity contribution in [3.05, 3.63) is 12.2 Å². The van der Waals surface area contributed by atoms with Crippen LogP contribution >= 0.6 is 0 Å². The lowest BCUT2D eigenvalue weighted by atomic mass is 9.64. The van der Waals surface area contributed by atoms with Gasteiger partial charge in [-0.05, 0) is 208 Å². The summed E-state index contributed by atoms with van der Waals surface area (Å²) in [5.41, 5.74) is -2.79. The molecule has 2 N–H and O–H groups in total. The molecule has 8 heterocycles. The number of rotatable bonds is 14. The average molecular weight is 1500 g/mol. The lowest BCUT2D eigenvalue weighted by Gasteiger charge is -2.38. The molecule has 14 aliphatic rings. The van der Waals surface area contributed by atoms with Gasteiger partial charge in [0.1, 0.15) is 30.5 Å². The predicted molar refractivity (Wildman–Crippen MR) is 383 cm³/mol. The van der Waals surface area contributed by atoms with Gasteiger partial charge in [0.2, 0.25) is 24.4 Å². The molecular weight excluding hydrogens is 1360 g/mol. The molecule has 26 heteroatoms. The molecular formula is C79H130O26. The molecule has 4 bridgehead atoms. The van der Waals surface area contributed by atoms with E-state index < -0.39 is 131 Å². The fraction of sp³-hybridized carbons (Fsp3) is 0.848. The number of esters is 10. The fourth-order valence-corrected chi connectivity index (χ4v) is 16.1. The minimum Gasteiger partial charge on any atom is -0.469 e. The third-order valence-corrected chi connectivity index (χ3v) is 24.3. The molecule has 0 radical (unpaired) electrons. The summed E-state index contributed by atoms with van der Waals surface area (Å²) in [5.74, 6) is 2.02. The normalized spacial score (nSPS) is 36.2. The van der Waals surface area contributed by atoms with Gasteiger partial charge in [0.05, 0.1) is 52.6 Å². The molecule has 13 fully saturated rings. The Kier molecular flexibility index (Phi) is 30.8. The molecule has 5 saturated carbocycles. The first kappa shape index (κ1) is 91.6. The van der Waals surface area contributed by atoms with Crippen LogP contribution in [0.25, 0.3) is 0 Å². The Hall–Kier alpha value is -5.80. The first-order valence-electron chi connectivity index (χ1n) is 36.3. The third-order valence-electron chi connectivity index (χ3n) is 24.3. The number of hydrogen-bond acceptors (Lipinski definition) is 26. The Labute approximate surface area is 623 Å². The highest BCUT2D eigenvalue weighted by Gasteiger charge is 2.69. The summed E-state index contributed by atoms with van der Waals surface area (Å²) in [6.07, 6.45) is 5.55. The van der Waals surface area contributed by atoms with Crippen molar-refractivity contribution in [3.8, 4) is 0 Å². The van der Waals surface area contributed by atoms with Crippen molar-refractivity contribution in [1.29, 1.82) is 0 Å². The van der Waals surface area contributed by atoms with E-state index in [1.165, 1.54) is 32.8 Å². The van der Waals surface area contributed by atoms with E-state index in [2.05, 4.69) is 4.74 Å². The summed E-state index contributed by atoms with van der Waals surface area (Å²) in [6.45, 7) is 31.8. The summed E-state index contributed by atoms with van der Waals surface area (Å²) < 4.78 is 73.7. The summed E-state index contributed by atoms with van der Waals surface area (Å²) >= 11 is 0. The molecule has 0 aromatic heterocycles. The molecule has 6 aliphatic carbocycles. The van der Waals surface area contributed by atoms with Gasteiger partial charge < -0.3 is 76.5 Å². The zero-order valence-corrected chi connectivity index (χ0v) is 61.6. The molecule has 24 atom stereocenters. The number of aliphatic hydroxyl groups excluding tert-OH is 2. The smallest absolute Gasteiger partial charge is 0.350 e. The van der Waals surface area contributed by atoms with E-state index in [-0.39, 0.29) is 96.4 Å². The maximum atomic E-state index is 12.2. The van der Waals surface area contributed by atoms with Crippen LogP contribution in [0.3, 0.4) is 0 Å². The van der Waals surface area contributed by atoms with E-state index in [4.69, 9.17) is 61.6 Å². The van der Waals surface area contributed by atoms with Crippen LogP contribution in [0.5, 0.6) is 0 Å². The maximum Gasteiger partial charge on any atom is 0.350 e. The van der Waals surface area contributed by atoms with Crippen LogP contribution in [-0.2, 0) is 114 Å². The van der Waals surface area contributed by atoms with Crippen molar-refractivity contribution in [2.75, 3.05) is 13.7 Å². The molecule has 8 saturated heterocycles. The van der Waals surface area contributed by atoms with Crippen LogP contribution in [0.1, 0.15) is 238 Å². The molecule has 602 valence electrons. The highest BCUT2D eigenvalue weighted by molar-refractivity contribution is 5.86. The predicted octanol–water partition coefficient (Wildman–Crippen LogP) is 11.2. The second kappa shape index (κ2) is 35.3. The molecule has 0 amide bonds. The van der Waals surface area contributed by atoms with Gasteiger partial charge in [-0.15, -0.1) is 0 Å². The molecule has 26 nitrogen and oxygen atoms in total. The van der Waals surface area contributed by atoms with Gasteiger partial charge >= 0.3 is 59.7 Å². The van der Waals surface area contributed by atoms with Crippen molar-refractivity contribution >= 4 is 59.7 Å². The number of aliphatic hydroxyl groups is 2. The second-order valence-electron chi connectivity index (χ2n) is 33.0. The largest absolute Gasteiger partial charge is 0.469 e. The highest BCUT2D eigenvalue weighted by atomic mass is 16.9.